The molecule has 2 aliphatic carbocycles. The number of imide groups is 1. The first-order valence-corrected chi connectivity index (χ1v) is 14.0. The molecule has 8 atom stereocenters. The number of benzene rings is 1. The van der Waals surface area contributed by atoms with Crippen LogP contribution in [0.15, 0.2) is 34.1 Å². The standard InChI is InChI=1S/C26H28N2O6S2/c1-10(2)8-15(25(31)32)28-23(29)18-13-9-14(19(18)24(28)30)20-17(13)16(11-4-6-12(34-3)7-5-11)21-22(35-20)27-26(33)36-21/h4-7,10,13-20H,8-9H2,1-3H3,(H,27,33)(H,31,32)/t13-,14+,15-,16+,17+,18+,19-,20-/m1/s1. The first kappa shape index (κ1) is 23.8. The first-order chi connectivity index (χ1) is 17.2. The van der Waals surface area contributed by atoms with Gasteiger partial charge in [-0.1, -0.05) is 37.3 Å². The molecule has 2 aromatic rings. The van der Waals surface area contributed by atoms with Gasteiger partial charge in [-0.2, -0.15) is 0 Å². The van der Waals surface area contributed by atoms with Gasteiger partial charge in [-0.3, -0.25) is 19.3 Å². The molecule has 1 aromatic carbocycles. The van der Waals surface area contributed by atoms with Gasteiger partial charge in [0.1, 0.15) is 11.8 Å². The number of carboxylic acid groups (broad SMARTS) is 1. The van der Waals surface area contributed by atoms with Crippen molar-refractivity contribution in [1.29, 1.82) is 0 Å². The molecule has 2 bridgehead atoms. The van der Waals surface area contributed by atoms with E-state index >= 15 is 0 Å². The molecule has 36 heavy (non-hydrogen) atoms. The second-order valence-corrected chi connectivity index (χ2v) is 13.0. The lowest BCUT2D eigenvalue weighted by molar-refractivity contribution is -0.156. The smallest absolute Gasteiger partial charge is 0.326 e. The number of thiazole rings is 1. The zero-order valence-corrected chi connectivity index (χ0v) is 21.8. The van der Waals surface area contributed by atoms with Crippen LogP contribution in [0.25, 0.3) is 0 Å². The number of hydrogen-bond acceptors (Lipinski definition) is 7. The van der Waals surface area contributed by atoms with E-state index in [1.54, 1.807) is 18.9 Å². The summed E-state index contributed by atoms with van der Waals surface area (Å²) in [5.74, 6) is -2.01. The number of carbonyl (C=O) groups is 3. The third kappa shape index (κ3) is 3.33. The second-order valence-electron chi connectivity index (χ2n) is 10.8. The van der Waals surface area contributed by atoms with Gasteiger partial charge in [-0.25, -0.2) is 4.79 Å². The molecule has 2 amide bonds. The van der Waals surface area contributed by atoms with E-state index in [1.165, 1.54) is 11.3 Å². The van der Waals surface area contributed by atoms with Crippen molar-refractivity contribution < 1.29 is 24.2 Å². The lowest BCUT2D eigenvalue weighted by Gasteiger charge is -2.43. The maximum absolute atomic E-state index is 13.7. The number of H-pyrrole nitrogens is 1. The van der Waals surface area contributed by atoms with Gasteiger partial charge in [0.25, 0.3) is 0 Å². The van der Waals surface area contributed by atoms with Crippen LogP contribution < -0.4 is 9.61 Å². The van der Waals surface area contributed by atoms with Crippen LogP contribution in [0.1, 0.15) is 43.0 Å². The third-order valence-corrected chi connectivity index (χ3v) is 11.1. The number of ether oxygens (including phenoxy) is 1. The van der Waals surface area contributed by atoms with Gasteiger partial charge in [-0.05, 0) is 54.2 Å². The van der Waals surface area contributed by atoms with Crippen molar-refractivity contribution in [3.63, 3.8) is 0 Å². The summed E-state index contributed by atoms with van der Waals surface area (Å²) in [7, 11) is 1.62. The molecule has 3 heterocycles. The maximum Gasteiger partial charge on any atom is 0.326 e. The second kappa shape index (κ2) is 8.48. The lowest BCUT2D eigenvalue weighted by atomic mass is 9.68. The van der Waals surface area contributed by atoms with E-state index in [0.717, 1.165) is 32.5 Å². The van der Waals surface area contributed by atoms with Crippen molar-refractivity contribution in [2.75, 3.05) is 7.11 Å². The van der Waals surface area contributed by atoms with Gasteiger partial charge in [-0.15, -0.1) is 11.8 Å². The predicted octanol–water partition coefficient (Wildman–Crippen LogP) is 3.42. The number of rotatable bonds is 6. The van der Waals surface area contributed by atoms with Crippen LogP contribution in [-0.4, -0.2) is 51.2 Å². The molecule has 3 fully saturated rings. The number of hydrogen-bond donors (Lipinski definition) is 2. The molecular weight excluding hydrogens is 500 g/mol. The van der Waals surface area contributed by atoms with E-state index in [2.05, 4.69) is 4.98 Å². The van der Waals surface area contributed by atoms with Crippen molar-refractivity contribution >= 4 is 40.9 Å². The van der Waals surface area contributed by atoms with E-state index < -0.39 is 23.8 Å². The van der Waals surface area contributed by atoms with Crippen molar-refractivity contribution in [2.24, 2.45) is 35.5 Å². The van der Waals surface area contributed by atoms with Crippen LogP contribution in [-0.2, 0) is 14.4 Å². The fourth-order valence-electron chi connectivity index (χ4n) is 7.29. The van der Waals surface area contributed by atoms with Crippen LogP contribution in [0.5, 0.6) is 5.75 Å². The number of thioether (sulfide) groups is 1. The van der Waals surface area contributed by atoms with Crippen LogP contribution >= 0.6 is 23.1 Å². The van der Waals surface area contributed by atoms with Gasteiger partial charge >= 0.3 is 10.8 Å². The zero-order valence-electron chi connectivity index (χ0n) is 20.2. The van der Waals surface area contributed by atoms with Crippen molar-refractivity contribution in [1.82, 2.24) is 9.88 Å². The van der Waals surface area contributed by atoms with Gasteiger partial charge in [0.2, 0.25) is 11.8 Å². The molecule has 0 unspecified atom stereocenters. The number of nitrogens with one attached hydrogen (secondary N) is 1. The van der Waals surface area contributed by atoms with Crippen LogP contribution in [0.4, 0.5) is 0 Å². The molecular formula is C26H28N2O6S2. The average Bonchev–Trinajstić information content (AvgIpc) is 3.56. The molecule has 0 radical (unpaired) electrons. The lowest BCUT2D eigenvalue weighted by Crippen LogP contribution is -2.47. The fourth-order valence-corrected chi connectivity index (χ4v) is 10.2. The molecule has 2 saturated carbocycles. The van der Waals surface area contributed by atoms with E-state index in [1.807, 2.05) is 38.1 Å². The van der Waals surface area contributed by atoms with Gasteiger partial charge < -0.3 is 14.8 Å². The van der Waals surface area contributed by atoms with E-state index in [0.29, 0.717) is 0 Å². The number of aliphatic carboxylic acids is 1. The summed E-state index contributed by atoms with van der Waals surface area (Å²) in [6, 6.07) is 6.73. The average molecular weight is 529 g/mol. The first-order valence-electron chi connectivity index (χ1n) is 12.3. The summed E-state index contributed by atoms with van der Waals surface area (Å²) in [5, 5.41) is 10.8. The van der Waals surface area contributed by atoms with Gasteiger partial charge in [0.15, 0.2) is 0 Å². The number of carboxylic acids is 1. The number of likely N-dealkylation sites (tertiary alicyclic amines) is 1. The number of aromatic nitrogens is 1. The predicted molar refractivity (Wildman–Crippen MR) is 134 cm³/mol. The molecule has 8 nitrogen and oxygen atoms in total. The molecule has 6 rings (SSSR count). The van der Waals surface area contributed by atoms with E-state index in [4.69, 9.17) is 4.74 Å². The monoisotopic (exact) mass is 528 g/mol. The molecule has 2 N–H and O–H groups in total. The Labute approximate surface area is 216 Å². The zero-order chi connectivity index (χ0) is 25.5. The largest absolute Gasteiger partial charge is 0.497 e. The van der Waals surface area contributed by atoms with E-state index in [9.17, 15) is 24.3 Å². The number of methoxy groups -OCH3 is 1. The Hall–Kier alpha value is -2.59. The molecule has 1 aromatic heterocycles. The normalized spacial score (nSPS) is 33.0. The number of fused-ring (bicyclic) bond motifs is 9. The minimum atomic E-state index is -1.12. The minimum Gasteiger partial charge on any atom is -0.497 e. The molecule has 10 heteroatoms. The maximum atomic E-state index is 13.7. The topological polar surface area (TPSA) is 117 Å². The highest BCUT2D eigenvalue weighted by molar-refractivity contribution is 8.00. The van der Waals surface area contributed by atoms with Crippen LogP contribution in [0, 0.1) is 35.5 Å². The summed E-state index contributed by atoms with van der Waals surface area (Å²) in [4.78, 5) is 56.8. The quantitative estimate of drug-likeness (QED) is 0.552. The van der Waals surface area contributed by atoms with Crippen LogP contribution in [0.3, 0.4) is 0 Å². The Morgan fingerprint density at radius 2 is 1.81 bits per heavy atom. The van der Waals surface area contributed by atoms with Crippen molar-refractivity contribution in [3.05, 3.63) is 44.4 Å². The molecule has 190 valence electrons. The molecule has 4 aliphatic rings. The number of nitrogens with zero attached hydrogens (tertiary/aromatic N) is 1. The highest BCUT2D eigenvalue weighted by Crippen LogP contribution is 2.68. The fraction of sp³-hybridized carbons (Fsp3) is 0.538. The van der Waals surface area contributed by atoms with Gasteiger partial charge in [0, 0.05) is 16.0 Å². The number of aromatic amines is 1. The van der Waals surface area contributed by atoms with Crippen LogP contribution in [0.2, 0.25) is 0 Å². The Kier molecular flexibility index (Phi) is 5.60. The van der Waals surface area contributed by atoms with Crippen molar-refractivity contribution in [2.45, 2.75) is 48.9 Å². The number of carbonyl (C=O) groups excluding carboxylic acids is 2. The third-order valence-electron chi connectivity index (χ3n) is 8.52. The number of amides is 2. The summed E-state index contributed by atoms with van der Waals surface area (Å²) < 4.78 is 5.34. The summed E-state index contributed by atoms with van der Waals surface area (Å²) in [5.41, 5.74) is 1.06. The highest BCUT2D eigenvalue weighted by atomic mass is 32.2. The SMILES string of the molecule is COc1ccc([C@@H]2c3sc(=O)[nH]c3S[C@@H]3[C@H]4C[C@@H]([C@@H]5C(=O)N([C@H](CC(C)C)C(=O)O)C(=O)[C@H]45)[C@@H]23)cc1. The molecule has 2 aliphatic heterocycles. The Morgan fingerprint density at radius 1 is 1.14 bits per heavy atom. The summed E-state index contributed by atoms with van der Waals surface area (Å²) in [6.45, 7) is 3.80. The van der Waals surface area contributed by atoms with Crippen molar-refractivity contribution in [3.8, 4) is 5.75 Å². The van der Waals surface area contributed by atoms with E-state index in [-0.39, 0.29) is 57.9 Å². The summed E-state index contributed by atoms with van der Waals surface area (Å²) in [6.07, 6.45) is 1.02. The molecule has 0 spiro atoms. The summed E-state index contributed by atoms with van der Waals surface area (Å²) >= 11 is 2.85. The Bertz CT molecular complexity index is 1300. The minimum absolute atomic E-state index is 0.0257. The van der Waals surface area contributed by atoms with Gasteiger partial charge in [0.05, 0.1) is 24.0 Å². The highest BCUT2D eigenvalue weighted by Gasteiger charge is 2.70. The molecule has 1 saturated heterocycles. The Balaban J connectivity index is 1.41. The Morgan fingerprint density at radius 3 is 2.42 bits per heavy atom.